The third-order valence-electron chi connectivity index (χ3n) is 3.10. The molecular weight excluding hydrogens is 283 g/mol. The van der Waals surface area contributed by atoms with E-state index in [2.05, 4.69) is 5.32 Å². The maximum atomic E-state index is 13.2. The zero-order valence-corrected chi connectivity index (χ0v) is 11.4. The zero-order valence-electron chi connectivity index (χ0n) is 11.4. The Morgan fingerprint density at radius 2 is 1.90 bits per heavy atom. The van der Waals surface area contributed by atoms with Gasteiger partial charge in [0.15, 0.2) is 0 Å². The highest BCUT2D eigenvalue weighted by atomic mass is 19.4. The molecule has 1 heterocycles. The number of hydrogen-bond donors (Lipinski definition) is 1. The van der Waals surface area contributed by atoms with Crippen LogP contribution in [0.5, 0.6) is 0 Å². The lowest BCUT2D eigenvalue weighted by Crippen LogP contribution is -2.55. The molecule has 0 aromatic heterocycles. The Balaban J connectivity index is 2.83. The minimum Gasteiger partial charge on any atom is -0.335 e. The van der Waals surface area contributed by atoms with Gasteiger partial charge in [0.25, 0.3) is 0 Å². The minimum absolute atomic E-state index is 0.122. The summed E-state index contributed by atoms with van der Waals surface area (Å²) < 4.78 is 63.2. The zero-order chi connectivity index (χ0) is 15.6. The first-order valence-corrected chi connectivity index (χ1v) is 6.53. The fraction of sp³-hybridized carbons (Fsp3) is 0.917. The fourth-order valence-corrected chi connectivity index (χ4v) is 2.18. The third-order valence-corrected chi connectivity index (χ3v) is 3.10. The van der Waals surface area contributed by atoms with Crippen LogP contribution >= 0.6 is 0 Å². The molecule has 0 aromatic carbocycles. The third kappa shape index (κ3) is 4.04. The molecule has 118 valence electrons. The first-order chi connectivity index (χ1) is 9.05. The van der Waals surface area contributed by atoms with Crippen molar-refractivity contribution in [3.63, 3.8) is 0 Å². The van der Waals surface area contributed by atoms with Gasteiger partial charge in [-0.25, -0.2) is 0 Å². The summed E-state index contributed by atoms with van der Waals surface area (Å²) in [4.78, 5) is 12.2. The van der Waals surface area contributed by atoms with Crippen LogP contribution < -0.4 is 5.32 Å². The summed E-state index contributed by atoms with van der Waals surface area (Å²) in [7, 11) is 0. The molecule has 0 saturated carbocycles. The van der Waals surface area contributed by atoms with Crippen LogP contribution in [0.25, 0.3) is 0 Å². The van der Waals surface area contributed by atoms with E-state index in [0.717, 1.165) is 6.42 Å². The van der Waals surface area contributed by atoms with Crippen molar-refractivity contribution < 1.29 is 26.7 Å². The van der Waals surface area contributed by atoms with Crippen molar-refractivity contribution in [2.24, 2.45) is 5.92 Å². The lowest BCUT2D eigenvalue weighted by molar-refractivity contribution is -0.274. The molecule has 0 radical (unpaired) electrons. The van der Waals surface area contributed by atoms with Gasteiger partial charge in [-0.05, 0) is 25.3 Å². The second-order valence-electron chi connectivity index (χ2n) is 5.47. The summed E-state index contributed by atoms with van der Waals surface area (Å²) in [5, 5.41) is 2.99. The number of alkyl halides is 5. The van der Waals surface area contributed by atoms with E-state index < -0.39 is 18.0 Å². The van der Waals surface area contributed by atoms with E-state index in [1.807, 2.05) is 0 Å². The van der Waals surface area contributed by atoms with Crippen LogP contribution in [0.1, 0.15) is 26.7 Å². The summed E-state index contributed by atoms with van der Waals surface area (Å²) in [5.41, 5.74) is 0. The predicted molar refractivity (Wildman–Crippen MR) is 63.4 cm³/mol. The maximum Gasteiger partial charge on any atom is 0.463 e. The van der Waals surface area contributed by atoms with Gasteiger partial charge in [0.05, 0.1) is 0 Å². The normalized spacial score (nSPS) is 20.5. The monoisotopic (exact) mass is 302 g/mol. The minimum atomic E-state index is -5.86. The van der Waals surface area contributed by atoms with Crippen molar-refractivity contribution in [1.82, 2.24) is 10.2 Å². The first kappa shape index (κ1) is 17.1. The summed E-state index contributed by atoms with van der Waals surface area (Å²) in [6.45, 7) is 3.76. The molecule has 1 saturated heterocycles. The van der Waals surface area contributed by atoms with Gasteiger partial charge >= 0.3 is 18.0 Å². The van der Waals surface area contributed by atoms with Crippen molar-refractivity contribution in [1.29, 1.82) is 0 Å². The molecule has 1 fully saturated rings. The second kappa shape index (κ2) is 6.24. The molecule has 0 spiro atoms. The number of amides is 1. The Labute approximate surface area is 114 Å². The number of hydrogen-bond acceptors (Lipinski definition) is 2. The molecule has 1 unspecified atom stereocenters. The van der Waals surface area contributed by atoms with Gasteiger partial charge in [0.2, 0.25) is 0 Å². The van der Waals surface area contributed by atoms with E-state index in [1.54, 1.807) is 13.8 Å². The van der Waals surface area contributed by atoms with Gasteiger partial charge in [-0.1, -0.05) is 13.8 Å². The Morgan fingerprint density at radius 1 is 1.30 bits per heavy atom. The standard InChI is InChI=1S/C12H19F5N2O/c1-8(2)6-19(7-9-4-3-5-18-9)10(20)11(13,14)12(15,16)17/h8-9,18H,3-7H2,1-2H3. The van der Waals surface area contributed by atoms with E-state index in [-0.39, 0.29) is 25.0 Å². The lowest BCUT2D eigenvalue weighted by atomic mass is 10.1. The fourth-order valence-electron chi connectivity index (χ4n) is 2.18. The highest BCUT2D eigenvalue weighted by Crippen LogP contribution is 2.37. The first-order valence-electron chi connectivity index (χ1n) is 6.53. The molecule has 1 aliphatic rings. The van der Waals surface area contributed by atoms with Crippen molar-refractivity contribution in [2.45, 2.75) is 44.8 Å². The molecular formula is C12H19F5N2O. The number of carbonyl (C=O) groups is 1. The number of nitrogens with zero attached hydrogens (tertiary/aromatic N) is 1. The number of nitrogens with one attached hydrogen (secondary N) is 1. The van der Waals surface area contributed by atoms with Crippen LogP contribution in [0, 0.1) is 5.92 Å². The van der Waals surface area contributed by atoms with Crippen LogP contribution in [0.4, 0.5) is 22.0 Å². The van der Waals surface area contributed by atoms with Crippen molar-refractivity contribution in [2.75, 3.05) is 19.6 Å². The predicted octanol–water partition coefficient (Wildman–Crippen LogP) is 2.42. The number of carbonyl (C=O) groups excluding carboxylic acids is 1. The van der Waals surface area contributed by atoms with E-state index in [1.165, 1.54) is 0 Å². The smallest absolute Gasteiger partial charge is 0.335 e. The lowest BCUT2D eigenvalue weighted by Gasteiger charge is -2.31. The molecule has 1 atom stereocenters. The summed E-state index contributed by atoms with van der Waals surface area (Å²) in [5.74, 6) is -7.68. The van der Waals surface area contributed by atoms with E-state index in [4.69, 9.17) is 0 Å². The van der Waals surface area contributed by atoms with Gasteiger partial charge in [-0.2, -0.15) is 22.0 Å². The van der Waals surface area contributed by atoms with E-state index in [9.17, 15) is 26.7 Å². The maximum absolute atomic E-state index is 13.2. The van der Waals surface area contributed by atoms with Crippen LogP contribution in [0.15, 0.2) is 0 Å². The largest absolute Gasteiger partial charge is 0.463 e. The number of halogens is 5. The molecule has 8 heteroatoms. The summed E-state index contributed by atoms with van der Waals surface area (Å²) >= 11 is 0. The van der Waals surface area contributed by atoms with Crippen LogP contribution in [0.3, 0.4) is 0 Å². The second-order valence-corrected chi connectivity index (χ2v) is 5.47. The molecule has 0 aliphatic carbocycles. The molecule has 0 aromatic rings. The van der Waals surface area contributed by atoms with E-state index in [0.29, 0.717) is 17.9 Å². The van der Waals surface area contributed by atoms with Crippen molar-refractivity contribution >= 4 is 5.91 Å². The van der Waals surface area contributed by atoms with Crippen LogP contribution in [-0.4, -0.2) is 48.6 Å². The molecule has 1 rings (SSSR count). The molecule has 1 aliphatic heterocycles. The number of rotatable bonds is 5. The van der Waals surface area contributed by atoms with Gasteiger partial charge in [0, 0.05) is 19.1 Å². The van der Waals surface area contributed by atoms with Crippen molar-refractivity contribution in [3.05, 3.63) is 0 Å². The van der Waals surface area contributed by atoms with Gasteiger partial charge < -0.3 is 10.2 Å². The molecule has 1 N–H and O–H groups in total. The van der Waals surface area contributed by atoms with Gasteiger partial charge in [0.1, 0.15) is 0 Å². The highest BCUT2D eigenvalue weighted by Gasteiger charge is 2.64. The average molecular weight is 302 g/mol. The van der Waals surface area contributed by atoms with Crippen LogP contribution in [0.2, 0.25) is 0 Å². The Morgan fingerprint density at radius 3 is 2.30 bits per heavy atom. The SMILES string of the molecule is CC(C)CN(CC1CCCN1)C(=O)C(F)(F)C(F)(F)F. The van der Waals surface area contributed by atoms with Crippen LogP contribution in [-0.2, 0) is 4.79 Å². The quantitative estimate of drug-likeness (QED) is 0.791. The summed E-state index contributed by atoms with van der Waals surface area (Å²) in [6, 6.07) is -0.221. The summed E-state index contributed by atoms with van der Waals surface area (Å²) in [6.07, 6.45) is -4.37. The van der Waals surface area contributed by atoms with Crippen molar-refractivity contribution in [3.8, 4) is 0 Å². The topological polar surface area (TPSA) is 32.3 Å². The molecule has 20 heavy (non-hydrogen) atoms. The molecule has 1 amide bonds. The van der Waals surface area contributed by atoms with E-state index >= 15 is 0 Å². The molecule has 3 nitrogen and oxygen atoms in total. The van der Waals surface area contributed by atoms with Gasteiger partial charge in [-0.3, -0.25) is 4.79 Å². The highest BCUT2D eigenvalue weighted by molar-refractivity contribution is 5.84. The Bertz CT molecular complexity index is 337. The Hall–Kier alpha value is -0.920. The average Bonchev–Trinajstić information content (AvgIpc) is 2.77. The van der Waals surface area contributed by atoms with Gasteiger partial charge in [-0.15, -0.1) is 0 Å². The Kier molecular flexibility index (Phi) is 5.34. The molecule has 0 bridgehead atoms.